The van der Waals surface area contributed by atoms with Crippen LogP contribution in [-0.4, -0.2) is 14.2 Å². The van der Waals surface area contributed by atoms with Gasteiger partial charge in [-0.1, -0.05) is 0 Å². The molecule has 0 spiro atoms. The molecule has 1 nitrogen and oxygen atoms in total. The van der Waals surface area contributed by atoms with E-state index in [2.05, 4.69) is 4.74 Å². The third-order valence-corrected chi connectivity index (χ3v) is 0. The predicted molar refractivity (Wildman–Crippen MR) is 12.9 cm³/mol. The Morgan fingerprint density at radius 1 is 1.25 bits per heavy atom. The fourth-order valence-corrected chi connectivity index (χ4v) is 0. The van der Waals surface area contributed by atoms with Gasteiger partial charge in [0.1, 0.15) is 0 Å². The molecule has 0 heterocycles. The summed E-state index contributed by atoms with van der Waals surface area (Å²) in [6, 6.07) is 0. The van der Waals surface area contributed by atoms with Gasteiger partial charge in [-0.15, -0.1) is 0 Å². The number of methoxy groups -OCH3 is 1. The van der Waals surface area contributed by atoms with E-state index in [4.69, 9.17) is 0 Å². The fourth-order valence-electron chi connectivity index (χ4n) is 0. The van der Waals surface area contributed by atoms with Gasteiger partial charge < -0.3 is 4.74 Å². The molecule has 0 aromatic rings. The third-order valence-electron chi connectivity index (χ3n) is 0. The van der Waals surface area contributed by atoms with Crippen LogP contribution in [-0.2, 0) is 4.74 Å². The smallest absolute Gasteiger partial charge is 0.388 e. The van der Waals surface area contributed by atoms with Crippen molar-refractivity contribution in [1.82, 2.24) is 0 Å². The van der Waals surface area contributed by atoms with Gasteiger partial charge in [0.2, 0.25) is 0 Å². The zero-order chi connectivity index (χ0) is 2.71. The molecular formula is C2H6NaO+. The molecule has 0 aliphatic carbocycles. The summed E-state index contributed by atoms with van der Waals surface area (Å²) >= 11 is 0. The zero-order valence-electron chi connectivity index (χ0n) is 3.41. The van der Waals surface area contributed by atoms with Crippen molar-refractivity contribution in [2.75, 3.05) is 14.2 Å². The maximum absolute atomic E-state index is 4.25. The molecule has 0 aromatic heterocycles. The van der Waals surface area contributed by atoms with E-state index in [-0.39, 0.29) is 29.6 Å². The Bertz CT molecular complexity index is 6.00. The van der Waals surface area contributed by atoms with Crippen molar-refractivity contribution in [3.8, 4) is 0 Å². The minimum atomic E-state index is 0. The molecule has 4 heavy (non-hydrogen) atoms. The van der Waals surface area contributed by atoms with Crippen molar-refractivity contribution in [2.45, 2.75) is 0 Å². The Labute approximate surface area is 48.6 Å². The second kappa shape index (κ2) is 9.03. The zero-order valence-corrected chi connectivity index (χ0v) is 5.41. The van der Waals surface area contributed by atoms with Gasteiger partial charge in [0.15, 0.2) is 0 Å². The molecule has 0 N–H and O–H groups in total. The third kappa shape index (κ3) is 12.3. The second-order valence-electron chi connectivity index (χ2n) is 0.408. The first-order valence-corrected chi connectivity index (χ1v) is 0.816. The Morgan fingerprint density at radius 3 is 1.25 bits per heavy atom. The summed E-state index contributed by atoms with van der Waals surface area (Å²) in [5, 5.41) is 0. The first kappa shape index (κ1) is 8.88. The molecule has 2 heteroatoms. The Hall–Kier alpha value is 0.960. The summed E-state index contributed by atoms with van der Waals surface area (Å²) < 4.78 is 4.25. The van der Waals surface area contributed by atoms with Crippen LogP contribution in [0.2, 0.25) is 0 Å². The van der Waals surface area contributed by atoms with Crippen molar-refractivity contribution in [3.05, 3.63) is 0 Å². The van der Waals surface area contributed by atoms with Crippen molar-refractivity contribution in [2.24, 2.45) is 0 Å². The standard InChI is InChI=1S/C2H6O.Na/c1-3-2;/h1-2H3;/q;+1. The Balaban J connectivity index is 0. The molecule has 20 valence electrons. The van der Waals surface area contributed by atoms with Crippen molar-refractivity contribution >= 4 is 0 Å². The van der Waals surface area contributed by atoms with Gasteiger partial charge in [0.25, 0.3) is 0 Å². The molecule has 0 bridgehead atoms. The molecule has 0 rings (SSSR count). The average Bonchev–Trinajstić information content (AvgIpc) is 0.918. The van der Waals surface area contributed by atoms with Crippen LogP contribution in [0.25, 0.3) is 0 Å². The molecule has 0 aromatic carbocycles. The number of hydrogen-bond donors (Lipinski definition) is 0. The molecule has 0 aliphatic rings. The molecule has 0 atom stereocenters. The summed E-state index contributed by atoms with van der Waals surface area (Å²) in [5.74, 6) is 0. The Morgan fingerprint density at radius 2 is 1.25 bits per heavy atom. The van der Waals surface area contributed by atoms with Crippen LogP contribution in [0, 0.1) is 0 Å². The predicted octanol–water partition coefficient (Wildman–Crippen LogP) is -2.73. The number of ether oxygens (including phenoxy) is 1. The molecular weight excluding hydrogens is 63.0 g/mol. The monoisotopic (exact) mass is 69.0 g/mol. The summed E-state index contributed by atoms with van der Waals surface area (Å²) in [7, 11) is 3.25. The van der Waals surface area contributed by atoms with Crippen molar-refractivity contribution < 1.29 is 34.3 Å². The van der Waals surface area contributed by atoms with E-state index in [1.165, 1.54) is 0 Å². The molecule has 0 saturated heterocycles. The largest absolute Gasteiger partial charge is 1.00 e. The van der Waals surface area contributed by atoms with Gasteiger partial charge in [-0.3, -0.25) is 0 Å². The van der Waals surface area contributed by atoms with Gasteiger partial charge >= 0.3 is 29.6 Å². The summed E-state index contributed by atoms with van der Waals surface area (Å²) in [4.78, 5) is 0. The van der Waals surface area contributed by atoms with Crippen LogP contribution < -0.4 is 29.6 Å². The molecule has 0 amide bonds. The topological polar surface area (TPSA) is 9.23 Å². The van der Waals surface area contributed by atoms with E-state index in [0.29, 0.717) is 0 Å². The molecule has 0 unspecified atom stereocenters. The van der Waals surface area contributed by atoms with Crippen molar-refractivity contribution in [3.63, 3.8) is 0 Å². The van der Waals surface area contributed by atoms with Crippen LogP contribution in [0.1, 0.15) is 0 Å². The second-order valence-corrected chi connectivity index (χ2v) is 0.408. The average molecular weight is 69.1 g/mol. The van der Waals surface area contributed by atoms with Gasteiger partial charge in [-0.25, -0.2) is 0 Å². The van der Waals surface area contributed by atoms with E-state index < -0.39 is 0 Å². The van der Waals surface area contributed by atoms with Crippen LogP contribution in [0.15, 0.2) is 0 Å². The SMILES string of the molecule is COC.[Na+]. The van der Waals surface area contributed by atoms with Crippen LogP contribution in [0.5, 0.6) is 0 Å². The van der Waals surface area contributed by atoms with E-state index in [1.54, 1.807) is 14.2 Å². The van der Waals surface area contributed by atoms with Crippen LogP contribution in [0.4, 0.5) is 0 Å². The van der Waals surface area contributed by atoms with Gasteiger partial charge in [0.05, 0.1) is 0 Å². The van der Waals surface area contributed by atoms with Crippen molar-refractivity contribution in [1.29, 1.82) is 0 Å². The minimum absolute atomic E-state index is 0. The van der Waals surface area contributed by atoms with Crippen LogP contribution >= 0.6 is 0 Å². The normalized spacial score (nSPS) is 4.50. The maximum Gasteiger partial charge on any atom is 1.00 e. The van der Waals surface area contributed by atoms with Gasteiger partial charge in [-0.05, 0) is 0 Å². The van der Waals surface area contributed by atoms with E-state index in [0.717, 1.165) is 0 Å². The number of hydrogen-bond acceptors (Lipinski definition) is 1. The first-order chi connectivity index (χ1) is 1.41. The first-order valence-electron chi connectivity index (χ1n) is 0.816. The van der Waals surface area contributed by atoms with Crippen LogP contribution in [0.3, 0.4) is 0 Å². The minimum Gasteiger partial charge on any atom is -0.388 e. The molecule has 0 aliphatic heterocycles. The van der Waals surface area contributed by atoms with E-state index >= 15 is 0 Å². The van der Waals surface area contributed by atoms with E-state index in [1.807, 2.05) is 0 Å². The fraction of sp³-hybridized carbons (Fsp3) is 1.00. The maximum atomic E-state index is 4.25. The summed E-state index contributed by atoms with van der Waals surface area (Å²) in [5.41, 5.74) is 0. The van der Waals surface area contributed by atoms with Gasteiger partial charge in [0, 0.05) is 14.2 Å². The molecule has 0 saturated carbocycles. The number of rotatable bonds is 0. The molecule has 0 fully saturated rings. The van der Waals surface area contributed by atoms with E-state index in [9.17, 15) is 0 Å². The quantitative estimate of drug-likeness (QED) is 0.280. The van der Waals surface area contributed by atoms with Gasteiger partial charge in [-0.2, -0.15) is 0 Å². The summed E-state index contributed by atoms with van der Waals surface area (Å²) in [6.07, 6.45) is 0. The Kier molecular flexibility index (Phi) is 20.0. The molecule has 0 radical (unpaired) electrons. The summed E-state index contributed by atoms with van der Waals surface area (Å²) in [6.45, 7) is 0.